The molecule has 0 spiro atoms. The number of nitrogens with zero attached hydrogens (tertiary/aromatic N) is 2. The number of fused-ring (bicyclic) bond motifs is 1. The number of hydrogen-bond donors (Lipinski definition) is 5. The molecule has 1 saturated heterocycles. The lowest BCUT2D eigenvalue weighted by atomic mass is 10.0. The van der Waals surface area contributed by atoms with Crippen molar-refractivity contribution >= 4 is 28.5 Å². The molecule has 0 radical (unpaired) electrons. The minimum atomic E-state index is -0.276. The Labute approximate surface area is 169 Å². The van der Waals surface area contributed by atoms with Gasteiger partial charge in [0.1, 0.15) is 11.2 Å². The third-order valence-electron chi connectivity index (χ3n) is 5.38. The third kappa shape index (κ3) is 3.58. The van der Waals surface area contributed by atoms with E-state index in [1.54, 1.807) is 12.4 Å². The van der Waals surface area contributed by atoms with Crippen LogP contribution in [0.1, 0.15) is 40.5 Å². The molecule has 8 nitrogen and oxygen atoms in total. The van der Waals surface area contributed by atoms with Gasteiger partial charge in [-0.05, 0) is 38.4 Å². The van der Waals surface area contributed by atoms with Crippen molar-refractivity contribution in [2.24, 2.45) is 0 Å². The van der Waals surface area contributed by atoms with E-state index in [4.69, 9.17) is 5.41 Å². The zero-order valence-corrected chi connectivity index (χ0v) is 16.8. The number of aromatic nitrogens is 3. The van der Waals surface area contributed by atoms with Gasteiger partial charge in [-0.3, -0.25) is 10.2 Å². The maximum absolute atomic E-state index is 12.9. The number of aromatic amines is 1. The molecule has 1 aliphatic heterocycles. The van der Waals surface area contributed by atoms with E-state index in [2.05, 4.69) is 30.9 Å². The predicted octanol–water partition coefficient (Wildman–Crippen LogP) is 2.21. The topological polar surface area (TPSA) is 119 Å². The van der Waals surface area contributed by atoms with Crippen LogP contribution in [-0.4, -0.2) is 52.2 Å². The van der Waals surface area contributed by atoms with Gasteiger partial charge in [0.2, 0.25) is 0 Å². The number of aryl methyl sites for hydroxylation is 1. The highest BCUT2D eigenvalue weighted by Gasteiger charge is 2.31. The summed E-state index contributed by atoms with van der Waals surface area (Å²) < 4.78 is 0. The van der Waals surface area contributed by atoms with E-state index in [0.29, 0.717) is 22.4 Å². The number of rotatable bonds is 5. The number of H-pyrrole nitrogens is 1. The van der Waals surface area contributed by atoms with Gasteiger partial charge in [0.25, 0.3) is 5.91 Å². The molecule has 5 N–H and O–H groups in total. The van der Waals surface area contributed by atoms with Gasteiger partial charge in [0.05, 0.1) is 23.0 Å². The van der Waals surface area contributed by atoms with Gasteiger partial charge in [-0.1, -0.05) is 12.1 Å². The molecule has 8 heteroatoms. The SMILES string of the molecule is CNc1cc(C)ccc1C(=N)c1cnc2[nH]cc(C(=O)NC3(C)CCNC3)c2n1. The van der Waals surface area contributed by atoms with Crippen molar-refractivity contribution < 1.29 is 4.79 Å². The first kappa shape index (κ1) is 19.1. The van der Waals surface area contributed by atoms with Gasteiger partial charge in [-0.2, -0.15) is 0 Å². The Bertz CT molecular complexity index is 1100. The standard InChI is InChI=1S/C21H25N7O/c1-12-4-5-13(15(8-12)23-3)17(22)16-10-26-19-18(27-16)14(9-25-19)20(29)28-21(2)6-7-24-11-21/h4-5,8-10,22-24H,6-7,11H2,1-3H3,(H,25,26)(H,28,29). The van der Waals surface area contributed by atoms with Gasteiger partial charge in [-0.15, -0.1) is 0 Å². The van der Waals surface area contributed by atoms with E-state index in [1.807, 2.05) is 39.1 Å². The number of benzene rings is 1. The Morgan fingerprint density at radius 3 is 2.86 bits per heavy atom. The highest BCUT2D eigenvalue weighted by molar-refractivity contribution is 6.14. The fourth-order valence-electron chi connectivity index (χ4n) is 3.67. The summed E-state index contributed by atoms with van der Waals surface area (Å²) in [6.07, 6.45) is 4.07. The van der Waals surface area contributed by atoms with Crippen LogP contribution in [-0.2, 0) is 0 Å². The molecule has 0 saturated carbocycles. The molecule has 1 aliphatic rings. The Kier molecular flexibility index (Phi) is 4.79. The second-order valence-corrected chi connectivity index (χ2v) is 7.77. The fraction of sp³-hybridized carbons (Fsp3) is 0.333. The van der Waals surface area contributed by atoms with Crippen LogP contribution in [0, 0.1) is 12.3 Å². The number of carbonyl (C=O) groups is 1. The summed E-state index contributed by atoms with van der Waals surface area (Å²) in [5, 5.41) is 18.1. The van der Waals surface area contributed by atoms with E-state index >= 15 is 0 Å². The molecule has 4 rings (SSSR count). The number of hydrogen-bond acceptors (Lipinski definition) is 6. The molecule has 1 unspecified atom stereocenters. The van der Waals surface area contributed by atoms with E-state index in [-0.39, 0.29) is 17.2 Å². The number of carbonyl (C=O) groups excluding carboxylic acids is 1. The van der Waals surface area contributed by atoms with E-state index in [1.165, 1.54) is 0 Å². The lowest BCUT2D eigenvalue weighted by Crippen LogP contribution is -2.47. The van der Waals surface area contributed by atoms with Crippen LogP contribution in [0.2, 0.25) is 0 Å². The first-order chi connectivity index (χ1) is 13.9. The van der Waals surface area contributed by atoms with Gasteiger partial charge in [-0.25, -0.2) is 9.97 Å². The third-order valence-corrected chi connectivity index (χ3v) is 5.38. The van der Waals surface area contributed by atoms with Crippen LogP contribution in [0.4, 0.5) is 5.69 Å². The number of nitrogens with one attached hydrogen (secondary N) is 5. The van der Waals surface area contributed by atoms with E-state index in [0.717, 1.165) is 36.3 Å². The van der Waals surface area contributed by atoms with Gasteiger partial charge in [0, 0.05) is 31.0 Å². The molecule has 1 aromatic carbocycles. The van der Waals surface area contributed by atoms with Crippen molar-refractivity contribution in [1.29, 1.82) is 5.41 Å². The summed E-state index contributed by atoms with van der Waals surface area (Å²) in [5.74, 6) is -0.188. The monoisotopic (exact) mass is 391 g/mol. The normalized spacial score (nSPS) is 18.7. The van der Waals surface area contributed by atoms with Crippen molar-refractivity contribution in [1.82, 2.24) is 25.6 Å². The van der Waals surface area contributed by atoms with Gasteiger partial charge >= 0.3 is 0 Å². The summed E-state index contributed by atoms with van der Waals surface area (Å²) >= 11 is 0. The van der Waals surface area contributed by atoms with Crippen LogP contribution in [0.5, 0.6) is 0 Å². The summed E-state index contributed by atoms with van der Waals surface area (Å²) in [7, 11) is 1.83. The molecular weight excluding hydrogens is 366 g/mol. The molecular formula is C21H25N7O. The number of anilines is 1. The first-order valence-electron chi connectivity index (χ1n) is 9.65. The fourth-order valence-corrected chi connectivity index (χ4v) is 3.67. The van der Waals surface area contributed by atoms with Gasteiger partial charge in [0.15, 0.2) is 5.65 Å². The minimum absolute atomic E-state index is 0.188. The molecule has 150 valence electrons. The predicted molar refractivity (Wildman–Crippen MR) is 114 cm³/mol. The quantitative estimate of drug-likeness (QED) is 0.427. The molecule has 2 aromatic heterocycles. The van der Waals surface area contributed by atoms with Crippen LogP contribution in [0.3, 0.4) is 0 Å². The smallest absolute Gasteiger partial charge is 0.255 e. The molecule has 0 bridgehead atoms. The second-order valence-electron chi connectivity index (χ2n) is 7.77. The number of amides is 1. The summed E-state index contributed by atoms with van der Waals surface area (Å²) in [5.41, 5.74) is 4.52. The van der Waals surface area contributed by atoms with Crippen molar-refractivity contribution in [2.45, 2.75) is 25.8 Å². The molecule has 1 atom stereocenters. The van der Waals surface area contributed by atoms with E-state index in [9.17, 15) is 4.79 Å². The molecule has 1 amide bonds. The van der Waals surface area contributed by atoms with Gasteiger partial charge < -0.3 is 20.9 Å². The lowest BCUT2D eigenvalue weighted by Gasteiger charge is -2.24. The van der Waals surface area contributed by atoms with Crippen molar-refractivity contribution in [3.63, 3.8) is 0 Å². The summed E-state index contributed by atoms with van der Waals surface area (Å²) in [6, 6.07) is 5.84. The Morgan fingerprint density at radius 1 is 1.31 bits per heavy atom. The summed E-state index contributed by atoms with van der Waals surface area (Å²) in [6.45, 7) is 5.66. The van der Waals surface area contributed by atoms with E-state index < -0.39 is 0 Å². The van der Waals surface area contributed by atoms with Crippen LogP contribution in [0.25, 0.3) is 11.2 Å². The van der Waals surface area contributed by atoms with Crippen LogP contribution < -0.4 is 16.0 Å². The zero-order chi connectivity index (χ0) is 20.6. The Hall–Kier alpha value is -3.26. The largest absolute Gasteiger partial charge is 0.388 e. The highest BCUT2D eigenvalue weighted by atomic mass is 16.1. The molecule has 29 heavy (non-hydrogen) atoms. The first-order valence-corrected chi connectivity index (χ1v) is 9.65. The maximum Gasteiger partial charge on any atom is 0.255 e. The zero-order valence-electron chi connectivity index (χ0n) is 16.8. The molecule has 3 heterocycles. The average Bonchev–Trinajstić information content (AvgIpc) is 3.33. The Morgan fingerprint density at radius 2 is 2.14 bits per heavy atom. The Balaban J connectivity index is 1.68. The van der Waals surface area contributed by atoms with Crippen molar-refractivity contribution in [2.75, 3.05) is 25.5 Å². The van der Waals surface area contributed by atoms with Crippen LogP contribution in [0.15, 0.2) is 30.6 Å². The summed E-state index contributed by atoms with van der Waals surface area (Å²) in [4.78, 5) is 24.9. The second kappa shape index (κ2) is 7.29. The van der Waals surface area contributed by atoms with Crippen molar-refractivity contribution in [3.8, 4) is 0 Å². The van der Waals surface area contributed by atoms with Crippen LogP contribution >= 0.6 is 0 Å². The highest BCUT2D eigenvalue weighted by Crippen LogP contribution is 2.22. The van der Waals surface area contributed by atoms with Crippen molar-refractivity contribution in [3.05, 3.63) is 53.0 Å². The lowest BCUT2D eigenvalue weighted by molar-refractivity contribution is 0.0914. The minimum Gasteiger partial charge on any atom is -0.388 e. The molecule has 3 aromatic rings. The molecule has 0 aliphatic carbocycles. The maximum atomic E-state index is 12.9. The average molecular weight is 391 g/mol. The molecule has 1 fully saturated rings.